The van der Waals surface area contributed by atoms with E-state index in [1.165, 1.54) is 19.6 Å². The molecular weight excluding hydrogens is 256 g/mol. The molecule has 1 atom stereocenters. The van der Waals surface area contributed by atoms with Crippen molar-refractivity contribution < 1.29 is 14.3 Å². The van der Waals surface area contributed by atoms with Crippen LogP contribution in [0.2, 0.25) is 0 Å². The molecule has 1 unspecified atom stereocenters. The molecule has 0 saturated heterocycles. The second-order valence-corrected chi connectivity index (χ2v) is 4.65. The van der Waals surface area contributed by atoms with Crippen LogP contribution in [0.25, 0.3) is 0 Å². The number of likely N-dealkylation sites (N-methyl/N-ethyl adjacent to an activating group) is 1. The van der Waals surface area contributed by atoms with Crippen molar-refractivity contribution in [1.82, 2.24) is 5.32 Å². The molecule has 110 valence electrons. The van der Waals surface area contributed by atoms with Crippen LogP contribution in [-0.4, -0.2) is 38.1 Å². The highest BCUT2D eigenvalue weighted by molar-refractivity contribution is 5.83. The maximum absolute atomic E-state index is 11.7. The van der Waals surface area contributed by atoms with Crippen molar-refractivity contribution in [2.45, 2.75) is 26.8 Å². The Morgan fingerprint density at radius 1 is 1.30 bits per heavy atom. The van der Waals surface area contributed by atoms with Crippen LogP contribution < -0.4 is 10.2 Å². The molecule has 0 aliphatic rings. The lowest BCUT2D eigenvalue weighted by molar-refractivity contribution is -0.144. The van der Waals surface area contributed by atoms with E-state index in [0.717, 1.165) is 12.2 Å². The van der Waals surface area contributed by atoms with Crippen molar-refractivity contribution in [2.24, 2.45) is 0 Å². The Hall–Kier alpha value is -2.04. The molecule has 1 aromatic carbocycles. The summed E-state index contributed by atoms with van der Waals surface area (Å²) in [5, 5.41) is 2.62. The number of rotatable bonds is 6. The average molecular weight is 278 g/mol. The van der Waals surface area contributed by atoms with Gasteiger partial charge in [-0.1, -0.05) is 17.7 Å². The molecule has 5 nitrogen and oxygen atoms in total. The number of carbonyl (C=O) groups excluding carboxylic acids is 2. The number of carbonyl (C=O) groups is 2. The maximum Gasteiger partial charge on any atom is 0.330 e. The molecule has 20 heavy (non-hydrogen) atoms. The number of esters is 1. The number of benzene rings is 1. The van der Waals surface area contributed by atoms with Crippen molar-refractivity contribution in [3.63, 3.8) is 0 Å². The molecule has 1 rings (SSSR count). The predicted octanol–water partition coefficient (Wildman–Crippen LogP) is 1.50. The van der Waals surface area contributed by atoms with E-state index < -0.39 is 12.0 Å². The quantitative estimate of drug-likeness (QED) is 0.801. The number of hydrogen-bond donors (Lipinski definition) is 1. The Labute approximate surface area is 119 Å². The lowest BCUT2D eigenvalue weighted by Gasteiger charge is -2.27. The van der Waals surface area contributed by atoms with Crippen LogP contribution in [0.5, 0.6) is 0 Å². The van der Waals surface area contributed by atoms with Gasteiger partial charge in [0, 0.05) is 25.7 Å². The van der Waals surface area contributed by atoms with Crippen LogP contribution in [0.3, 0.4) is 0 Å². The Balaban J connectivity index is 2.85. The molecule has 0 aliphatic carbocycles. The van der Waals surface area contributed by atoms with Crippen molar-refractivity contribution in [3.05, 3.63) is 29.8 Å². The fourth-order valence-electron chi connectivity index (χ4n) is 1.96. The molecule has 1 amide bonds. The van der Waals surface area contributed by atoms with Gasteiger partial charge in [0.05, 0.1) is 7.11 Å². The topological polar surface area (TPSA) is 58.6 Å². The van der Waals surface area contributed by atoms with Crippen LogP contribution in [-0.2, 0) is 14.3 Å². The standard InChI is InChI=1S/C15H22N2O3/c1-5-17(13-8-6-11(2)7-9-13)10-14(15(19)20-4)16-12(3)18/h6-9,14H,5,10H2,1-4H3,(H,16,18). The molecule has 0 bridgehead atoms. The van der Waals surface area contributed by atoms with Crippen molar-refractivity contribution >= 4 is 17.6 Å². The first-order valence-corrected chi connectivity index (χ1v) is 6.64. The number of nitrogens with zero attached hydrogens (tertiary/aromatic N) is 1. The maximum atomic E-state index is 11.7. The lowest BCUT2D eigenvalue weighted by Crippen LogP contribution is -2.48. The van der Waals surface area contributed by atoms with Gasteiger partial charge in [-0.25, -0.2) is 4.79 Å². The van der Waals surface area contributed by atoms with Gasteiger partial charge >= 0.3 is 5.97 Å². The summed E-state index contributed by atoms with van der Waals surface area (Å²) < 4.78 is 4.73. The SMILES string of the molecule is CCN(CC(NC(C)=O)C(=O)OC)c1ccc(C)cc1. The molecule has 1 aromatic rings. The van der Waals surface area contributed by atoms with Gasteiger partial charge in [-0.2, -0.15) is 0 Å². The van der Waals surface area contributed by atoms with E-state index in [1.54, 1.807) is 0 Å². The minimum atomic E-state index is -0.668. The van der Waals surface area contributed by atoms with E-state index >= 15 is 0 Å². The molecule has 0 fully saturated rings. The van der Waals surface area contributed by atoms with Gasteiger partial charge in [-0.05, 0) is 26.0 Å². The van der Waals surface area contributed by atoms with Crippen LogP contribution in [0.1, 0.15) is 19.4 Å². The molecule has 0 radical (unpaired) electrons. The molecule has 1 N–H and O–H groups in total. The summed E-state index contributed by atoms with van der Waals surface area (Å²) in [6.45, 7) is 6.52. The van der Waals surface area contributed by atoms with Crippen LogP contribution in [0.15, 0.2) is 24.3 Å². The first-order chi connectivity index (χ1) is 9.47. The zero-order valence-electron chi connectivity index (χ0n) is 12.5. The highest BCUT2D eigenvalue weighted by atomic mass is 16.5. The van der Waals surface area contributed by atoms with Crippen molar-refractivity contribution in [3.8, 4) is 0 Å². The summed E-state index contributed by atoms with van der Waals surface area (Å²) in [6, 6.07) is 7.37. The largest absolute Gasteiger partial charge is 0.467 e. The second kappa shape index (κ2) is 7.53. The highest BCUT2D eigenvalue weighted by Gasteiger charge is 2.22. The Kier molecular flexibility index (Phi) is 6.03. The molecule has 0 aliphatic heterocycles. The van der Waals surface area contributed by atoms with Gasteiger partial charge in [0.2, 0.25) is 5.91 Å². The van der Waals surface area contributed by atoms with Crippen molar-refractivity contribution in [1.29, 1.82) is 0 Å². The minimum absolute atomic E-state index is 0.250. The van der Waals surface area contributed by atoms with E-state index in [0.29, 0.717) is 6.54 Å². The van der Waals surface area contributed by atoms with Gasteiger partial charge in [0.1, 0.15) is 6.04 Å². The molecular formula is C15H22N2O3. The predicted molar refractivity (Wildman–Crippen MR) is 78.7 cm³/mol. The summed E-state index contributed by atoms with van der Waals surface area (Å²) in [4.78, 5) is 24.9. The minimum Gasteiger partial charge on any atom is -0.467 e. The van der Waals surface area contributed by atoms with E-state index in [-0.39, 0.29) is 5.91 Å². The van der Waals surface area contributed by atoms with Crippen LogP contribution in [0, 0.1) is 6.92 Å². The normalized spacial score (nSPS) is 11.6. The van der Waals surface area contributed by atoms with E-state index in [4.69, 9.17) is 4.74 Å². The van der Waals surface area contributed by atoms with Gasteiger partial charge in [-0.3, -0.25) is 4.79 Å². The van der Waals surface area contributed by atoms with Gasteiger partial charge in [0.15, 0.2) is 0 Å². The summed E-state index contributed by atoms with van der Waals surface area (Å²) in [7, 11) is 1.32. The Morgan fingerprint density at radius 2 is 1.90 bits per heavy atom. The summed E-state index contributed by atoms with van der Waals surface area (Å²) in [5.74, 6) is -0.689. The number of amides is 1. The monoisotopic (exact) mass is 278 g/mol. The Morgan fingerprint density at radius 3 is 2.35 bits per heavy atom. The van der Waals surface area contributed by atoms with E-state index in [9.17, 15) is 9.59 Å². The van der Waals surface area contributed by atoms with E-state index in [2.05, 4.69) is 5.32 Å². The van der Waals surface area contributed by atoms with E-state index in [1.807, 2.05) is 43.0 Å². The second-order valence-electron chi connectivity index (χ2n) is 4.65. The molecule has 0 aromatic heterocycles. The summed E-state index contributed by atoms with van der Waals surface area (Å²) in [5.41, 5.74) is 2.19. The number of anilines is 1. The molecule has 0 heterocycles. The smallest absolute Gasteiger partial charge is 0.330 e. The third kappa shape index (κ3) is 4.57. The lowest BCUT2D eigenvalue weighted by atomic mass is 10.2. The van der Waals surface area contributed by atoms with Crippen LogP contribution in [0.4, 0.5) is 5.69 Å². The Bertz CT molecular complexity index is 457. The number of nitrogens with one attached hydrogen (secondary N) is 1. The summed E-state index contributed by atoms with van der Waals surface area (Å²) >= 11 is 0. The third-order valence-corrected chi connectivity index (χ3v) is 3.05. The molecule has 0 saturated carbocycles. The van der Waals surface area contributed by atoms with Crippen molar-refractivity contribution in [2.75, 3.05) is 25.1 Å². The average Bonchev–Trinajstić information content (AvgIpc) is 2.43. The third-order valence-electron chi connectivity index (χ3n) is 3.05. The first-order valence-electron chi connectivity index (χ1n) is 6.64. The van der Waals surface area contributed by atoms with Crippen LogP contribution >= 0.6 is 0 Å². The fraction of sp³-hybridized carbons (Fsp3) is 0.467. The van der Waals surface area contributed by atoms with Gasteiger partial charge < -0.3 is 15.0 Å². The van der Waals surface area contributed by atoms with Gasteiger partial charge in [0.25, 0.3) is 0 Å². The number of aryl methyl sites for hydroxylation is 1. The van der Waals surface area contributed by atoms with Gasteiger partial charge in [-0.15, -0.1) is 0 Å². The zero-order valence-corrected chi connectivity index (χ0v) is 12.5. The molecule has 0 spiro atoms. The fourth-order valence-corrected chi connectivity index (χ4v) is 1.96. The number of ether oxygens (including phenoxy) is 1. The molecule has 5 heteroatoms. The highest BCUT2D eigenvalue weighted by Crippen LogP contribution is 2.15. The summed E-state index contributed by atoms with van der Waals surface area (Å²) in [6.07, 6.45) is 0. The zero-order chi connectivity index (χ0) is 15.1. The first kappa shape index (κ1) is 16.0. The number of hydrogen-bond acceptors (Lipinski definition) is 4. The number of methoxy groups -OCH3 is 1.